The van der Waals surface area contributed by atoms with Crippen molar-refractivity contribution in [2.45, 2.75) is 13.0 Å². The third-order valence-corrected chi connectivity index (χ3v) is 3.05. The Morgan fingerprint density at radius 1 is 1.50 bits per heavy atom. The Morgan fingerprint density at radius 3 is 2.95 bits per heavy atom. The lowest BCUT2D eigenvalue weighted by molar-refractivity contribution is -0.140. The van der Waals surface area contributed by atoms with E-state index in [1.54, 1.807) is 31.2 Å². The van der Waals surface area contributed by atoms with Crippen LogP contribution in [0.4, 0.5) is 11.4 Å². The minimum atomic E-state index is -0.515. The number of nitrogens with zero attached hydrogens (tertiary/aromatic N) is 1. The van der Waals surface area contributed by atoms with Crippen molar-refractivity contribution in [1.29, 1.82) is 0 Å². The molecule has 7 heteroatoms. The van der Waals surface area contributed by atoms with Crippen LogP contribution in [-0.4, -0.2) is 41.8 Å². The number of piperazine rings is 1. The Morgan fingerprint density at radius 2 is 2.25 bits per heavy atom. The molecule has 1 atom stereocenters. The van der Waals surface area contributed by atoms with Gasteiger partial charge in [-0.3, -0.25) is 24.6 Å². The Labute approximate surface area is 116 Å². The van der Waals surface area contributed by atoms with Gasteiger partial charge in [-0.25, -0.2) is 0 Å². The van der Waals surface area contributed by atoms with Gasteiger partial charge >= 0.3 is 0 Å². The van der Waals surface area contributed by atoms with Crippen molar-refractivity contribution in [2.75, 3.05) is 24.1 Å². The number of benzene rings is 1. The summed E-state index contributed by atoms with van der Waals surface area (Å²) >= 11 is 0. The summed E-state index contributed by atoms with van der Waals surface area (Å²) in [5.41, 5.74) is 6.74. The number of hydrogen-bond acceptors (Lipinski definition) is 5. The standard InChI is InChI=1S/C13H16N4O3/c1-8-13(20)16-12(19)7-17(8)6-11(18)15-10-4-2-3-9(14)5-10/h2-5,8H,6-7,14H2,1H3,(H,15,18)(H,16,19,20). The number of amides is 3. The van der Waals surface area contributed by atoms with Gasteiger partial charge in [-0.05, 0) is 25.1 Å². The topological polar surface area (TPSA) is 105 Å². The van der Waals surface area contributed by atoms with E-state index in [1.807, 2.05) is 0 Å². The number of carbonyl (C=O) groups excluding carboxylic acids is 3. The van der Waals surface area contributed by atoms with Crippen LogP contribution >= 0.6 is 0 Å². The molecule has 0 spiro atoms. The van der Waals surface area contributed by atoms with Crippen molar-refractivity contribution in [1.82, 2.24) is 10.2 Å². The molecule has 0 aliphatic carbocycles. The van der Waals surface area contributed by atoms with Crippen molar-refractivity contribution in [3.05, 3.63) is 24.3 Å². The molecular formula is C13H16N4O3. The van der Waals surface area contributed by atoms with E-state index < -0.39 is 17.9 Å². The maximum Gasteiger partial charge on any atom is 0.243 e. The van der Waals surface area contributed by atoms with Crippen molar-refractivity contribution < 1.29 is 14.4 Å². The molecule has 1 unspecified atom stereocenters. The van der Waals surface area contributed by atoms with Crippen LogP contribution in [-0.2, 0) is 14.4 Å². The fourth-order valence-corrected chi connectivity index (χ4v) is 1.96. The molecule has 2 rings (SSSR count). The van der Waals surface area contributed by atoms with Crippen LogP contribution < -0.4 is 16.4 Å². The number of rotatable bonds is 3. The van der Waals surface area contributed by atoms with Gasteiger partial charge in [0.25, 0.3) is 0 Å². The lowest BCUT2D eigenvalue weighted by atomic mass is 10.2. The molecule has 4 N–H and O–H groups in total. The first-order valence-electron chi connectivity index (χ1n) is 6.19. The zero-order chi connectivity index (χ0) is 14.7. The Bertz CT molecular complexity index is 558. The number of hydrogen-bond donors (Lipinski definition) is 3. The molecule has 1 aromatic carbocycles. The van der Waals surface area contributed by atoms with Gasteiger partial charge in [-0.2, -0.15) is 0 Å². The van der Waals surface area contributed by atoms with Gasteiger partial charge in [0.05, 0.1) is 19.1 Å². The van der Waals surface area contributed by atoms with Gasteiger partial charge < -0.3 is 11.1 Å². The van der Waals surface area contributed by atoms with E-state index in [2.05, 4.69) is 10.6 Å². The van der Waals surface area contributed by atoms with E-state index in [1.165, 1.54) is 4.90 Å². The van der Waals surface area contributed by atoms with Crippen LogP contribution in [0.3, 0.4) is 0 Å². The third-order valence-electron chi connectivity index (χ3n) is 3.05. The van der Waals surface area contributed by atoms with E-state index in [4.69, 9.17) is 5.73 Å². The molecule has 0 radical (unpaired) electrons. The average Bonchev–Trinajstić information content (AvgIpc) is 2.35. The number of anilines is 2. The zero-order valence-corrected chi connectivity index (χ0v) is 11.1. The summed E-state index contributed by atoms with van der Waals surface area (Å²) in [5.74, 6) is -1.09. The van der Waals surface area contributed by atoms with Crippen LogP contribution in [0.1, 0.15) is 6.92 Å². The molecule has 1 saturated heterocycles. The number of nitrogens with two attached hydrogens (primary N) is 1. The quantitative estimate of drug-likeness (QED) is 0.512. The molecule has 20 heavy (non-hydrogen) atoms. The third kappa shape index (κ3) is 3.33. The summed E-state index contributed by atoms with van der Waals surface area (Å²) in [6.07, 6.45) is 0. The predicted molar refractivity (Wildman–Crippen MR) is 73.7 cm³/mol. The van der Waals surface area contributed by atoms with E-state index in [0.29, 0.717) is 11.4 Å². The Kier molecular flexibility index (Phi) is 3.99. The molecule has 1 fully saturated rings. The molecule has 106 valence electrons. The molecule has 0 aromatic heterocycles. The second-order valence-corrected chi connectivity index (χ2v) is 4.67. The first kappa shape index (κ1) is 14.0. The molecule has 7 nitrogen and oxygen atoms in total. The summed E-state index contributed by atoms with van der Waals surface area (Å²) in [6, 6.07) is 6.28. The van der Waals surface area contributed by atoms with Crippen LogP contribution in [0.25, 0.3) is 0 Å². The van der Waals surface area contributed by atoms with Gasteiger partial charge in [0.2, 0.25) is 17.7 Å². The minimum absolute atomic E-state index is 0.0251. The highest BCUT2D eigenvalue weighted by Crippen LogP contribution is 2.12. The monoisotopic (exact) mass is 276 g/mol. The van der Waals surface area contributed by atoms with Crippen LogP contribution in [0, 0.1) is 0 Å². The highest BCUT2D eigenvalue weighted by atomic mass is 16.2. The van der Waals surface area contributed by atoms with Crippen molar-refractivity contribution >= 4 is 29.1 Å². The number of nitrogen functional groups attached to an aromatic ring is 1. The minimum Gasteiger partial charge on any atom is -0.399 e. The summed E-state index contributed by atoms with van der Waals surface area (Å²) in [5, 5.41) is 4.90. The lowest BCUT2D eigenvalue weighted by Crippen LogP contribution is -2.58. The molecule has 1 heterocycles. The summed E-state index contributed by atoms with van der Waals surface area (Å²) in [4.78, 5) is 36.2. The van der Waals surface area contributed by atoms with Crippen molar-refractivity contribution in [3.63, 3.8) is 0 Å². The molecule has 1 aliphatic heterocycles. The zero-order valence-electron chi connectivity index (χ0n) is 11.1. The average molecular weight is 276 g/mol. The van der Waals surface area contributed by atoms with Gasteiger partial charge in [-0.15, -0.1) is 0 Å². The SMILES string of the molecule is CC1C(=O)NC(=O)CN1CC(=O)Nc1cccc(N)c1. The number of nitrogens with one attached hydrogen (secondary N) is 2. The fourth-order valence-electron chi connectivity index (χ4n) is 1.96. The van der Waals surface area contributed by atoms with Gasteiger partial charge in [0, 0.05) is 11.4 Å². The van der Waals surface area contributed by atoms with Crippen LogP contribution in [0.2, 0.25) is 0 Å². The maximum atomic E-state index is 11.9. The van der Waals surface area contributed by atoms with E-state index >= 15 is 0 Å². The lowest BCUT2D eigenvalue weighted by Gasteiger charge is -2.30. The van der Waals surface area contributed by atoms with E-state index in [-0.39, 0.29) is 19.0 Å². The molecule has 0 saturated carbocycles. The summed E-state index contributed by atoms with van der Waals surface area (Å²) in [7, 11) is 0. The molecule has 1 aromatic rings. The normalized spacial score (nSPS) is 19.6. The molecule has 1 aliphatic rings. The van der Waals surface area contributed by atoms with Gasteiger partial charge in [0.1, 0.15) is 0 Å². The largest absolute Gasteiger partial charge is 0.399 e. The van der Waals surface area contributed by atoms with E-state index in [0.717, 1.165) is 0 Å². The Balaban J connectivity index is 1.97. The second kappa shape index (κ2) is 5.70. The fraction of sp³-hybridized carbons (Fsp3) is 0.308. The second-order valence-electron chi connectivity index (χ2n) is 4.67. The van der Waals surface area contributed by atoms with E-state index in [9.17, 15) is 14.4 Å². The van der Waals surface area contributed by atoms with Crippen LogP contribution in [0.5, 0.6) is 0 Å². The highest BCUT2D eigenvalue weighted by Gasteiger charge is 2.31. The Hall–Kier alpha value is -2.41. The summed E-state index contributed by atoms with van der Waals surface area (Å²) in [6.45, 7) is 1.64. The van der Waals surface area contributed by atoms with Crippen molar-refractivity contribution in [2.24, 2.45) is 0 Å². The maximum absolute atomic E-state index is 11.9. The van der Waals surface area contributed by atoms with Crippen LogP contribution in [0.15, 0.2) is 24.3 Å². The van der Waals surface area contributed by atoms with Crippen molar-refractivity contribution in [3.8, 4) is 0 Å². The summed E-state index contributed by atoms with van der Waals surface area (Å²) < 4.78 is 0. The van der Waals surface area contributed by atoms with Gasteiger partial charge in [0.15, 0.2) is 0 Å². The smallest absolute Gasteiger partial charge is 0.243 e. The first-order chi connectivity index (χ1) is 9.45. The highest BCUT2D eigenvalue weighted by molar-refractivity contribution is 6.02. The molecule has 3 amide bonds. The molecule has 0 bridgehead atoms. The van der Waals surface area contributed by atoms with Gasteiger partial charge in [-0.1, -0.05) is 6.07 Å². The number of imide groups is 1. The first-order valence-corrected chi connectivity index (χ1v) is 6.19. The molecular weight excluding hydrogens is 260 g/mol. The number of carbonyl (C=O) groups is 3. The predicted octanol–water partition coefficient (Wildman–Crippen LogP) is -0.446.